The van der Waals surface area contributed by atoms with Gasteiger partial charge in [0, 0.05) is 23.3 Å². The summed E-state index contributed by atoms with van der Waals surface area (Å²) in [6.45, 7) is 0. The first-order valence-electron chi connectivity index (χ1n) is 6.04. The average molecular weight is 332 g/mol. The molecule has 1 aromatic heterocycles. The second-order valence-electron chi connectivity index (χ2n) is 4.33. The number of nitro groups is 1. The molecule has 3 rings (SSSR count). The number of aromatic amines is 1. The molecule has 1 aliphatic rings. The van der Waals surface area contributed by atoms with Crippen LogP contribution in [0.2, 0.25) is 0 Å². The van der Waals surface area contributed by atoms with Crippen molar-refractivity contribution in [1.29, 1.82) is 0 Å². The number of non-ortho nitro benzene ring substituents is 1. The van der Waals surface area contributed by atoms with E-state index in [0.717, 1.165) is 11.3 Å². The first-order valence-corrected chi connectivity index (χ1v) is 7.31. The summed E-state index contributed by atoms with van der Waals surface area (Å²) in [5, 5.41) is 19.2. The Hall–Kier alpha value is -2.52. The molecule has 0 saturated heterocycles. The lowest BCUT2D eigenvalue weighted by Gasteiger charge is -2.02. The number of nitro benzene ring substituents is 1. The van der Waals surface area contributed by atoms with Gasteiger partial charge < -0.3 is 4.98 Å². The Bertz CT molecular complexity index is 908. The van der Waals surface area contributed by atoms with Gasteiger partial charge in [-0.1, -0.05) is 23.5 Å². The highest BCUT2D eigenvalue weighted by Crippen LogP contribution is 2.23. The van der Waals surface area contributed by atoms with E-state index in [1.54, 1.807) is 18.2 Å². The monoisotopic (exact) mass is 332 g/mol. The maximum Gasteiger partial charge on any atom is 0.305 e. The fourth-order valence-electron chi connectivity index (χ4n) is 1.94. The van der Waals surface area contributed by atoms with Crippen LogP contribution >= 0.6 is 24.0 Å². The molecule has 0 bridgehead atoms. The number of rotatable bonds is 3. The van der Waals surface area contributed by atoms with E-state index in [4.69, 9.17) is 0 Å². The van der Waals surface area contributed by atoms with E-state index in [1.165, 1.54) is 18.3 Å². The molecule has 1 N–H and O–H groups in total. The molecular weight excluding hydrogens is 324 g/mol. The summed E-state index contributed by atoms with van der Waals surface area (Å²) in [6, 6.07) is 6.15. The first-order chi connectivity index (χ1) is 10.5. The van der Waals surface area contributed by atoms with Crippen LogP contribution in [0.15, 0.2) is 49.9 Å². The van der Waals surface area contributed by atoms with Crippen molar-refractivity contribution >= 4 is 47.7 Å². The van der Waals surface area contributed by atoms with Crippen LogP contribution in [0.5, 0.6) is 0 Å². The minimum atomic E-state index is -0.465. The maximum atomic E-state index is 11.3. The van der Waals surface area contributed by atoms with Gasteiger partial charge in [-0.15, -0.1) is 17.7 Å². The fourth-order valence-corrected chi connectivity index (χ4v) is 3.00. The second kappa shape index (κ2) is 5.70. The van der Waals surface area contributed by atoms with E-state index in [9.17, 15) is 14.9 Å². The molecule has 0 atom stereocenters. The Morgan fingerprint density at radius 2 is 2.23 bits per heavy atom. The molecular formula is C13H8N4O3S2. The number of thiol groups is 1. The first kappa shape index (κ1) is 14.4. The zero-order valence-corrected chi connectivity index (χ0v) is 12.6. The lowest BCUT2D eigenvalue weighted by molar-refractivity contribution is -0.384. The standard InChI is InChI=1S/C13H8N4O3S2/c18-13-15-12(21)10(22-13)5-8-6-14-16-11(8)7-2-1-3-9(4-7)17(19)20/h1-6,21H,(H,15,18). The molecule has 1 aliphatic heterocycles. The van der Waals surface area contributed by atoms with Crippen molar-refractivity contribution in [3.05, 3.63) is 60.1 Å². The summed E-state index contributed by atoms with van der Waals surface area (Å²) >= 11 is 5.21. The molecule has 7 nitrogen and oxygen atoms in total. The second-order valence-corrected chi connectivity index (χ2v) is 5.79. The van der Waals surface area contributed by atoms with Crippen molar-refractivity contribution in [2.24, 2.45) is 10.2 Å². The molecule has 0 saturated carbocycles. The lowest BCUT2D eigenvalue weighted by atomic mass is 10.0. The van der Waals surface area contributed by atoms with Crippen LogP contribution in [0, 0.1) is 10.1 Å². The summed E-state index contributed by atoms with van der Waals surface area (Å²) < 4.78 is 0. The van der Waals surface area contributed by atoms with Gasteiger partial charge in [0.25, 0.3) is 5.69 Å². The van der Waals surface area contributed by atoms with Crippen LogP contribution in [-0.2, 0) is 0 Å². The van der Waals surface area contributed by atoms with Gasteiger partial charge in [0.15, 0.2) is 0 Å². The molecule has 0 unspecified atom stereocenters. The molecule has 2 aromatic rings. The van der Waals surface area contributed by atoms with Crippen molar-refractivity contribution in [2.45, 2.75) is 5.03 Å². The molecule has 0 radical (unpaired) electrons. The van der Waals surface area contributed by atoms with Crippen molar-refractivity contribution in [1.82, 2.24) is 4.98 Å². The highest BCUT2D eigenvalue weighted by atomic mass is 32.1. The predicted octanol–water partition coefficient (Wildman–Crippen LogP) is 2.51. The number of benzene rings is 1. The molecule has 1 aromatic carbocycles. The van der Waals surface area contributed by atoms with Crippen LogP contribution in [0.4, 0.5) is 5.69 Å². The van der Waals surface area contributed by atoms with Gasteiger partial charge in [-0.3, -0.25) is 14.9 Å². The normalized spacial score (nSPS) is 15.3. The zero-order chi connectivity index (χ0) is 15.7. The summed E-state index contributed by atoms with van der Waals surface area (Å²) in [7, 11) is 0. The van der Waals surface area contributed by atoms with Crippen molar-refractivity contribution in [3.63, 3.8) is 0 Å². The Kier molecular flexibility index (Phi) is 3.73. The van der Waals surface area contributed by atoms with Crippen molar-refractivity contribution in [2.75, 3.05) is 0 Å². The number of aromatic nitrogens is 1. The van der Waals surface area contributed by atoms with E-state index in [0.29, 0.717) is 26.8 Å². The van der Waals surface area contributed by atoms with Gasteiger partial charge in [-0.05, 0) is 6.08 Å². The summed E-state index contributed by atoms with van der Waals surface area (Å²) in [6.07, 6.45) is 3.25. The minimum Gasteiger partial charge on any atom is -0.307 e. The number of allylic oxidation sites excluding steroid dienone is 1. The number of nitrogens with one attached hydrogen (secondary N) is 1. The third-order valence-electron chi connectivity index (χ3n) is 2.90. The molecule has 0 amide bonds. The SMILES string of the molecule is O=c1[nH]c(S)c(C=C2C=NN=C2c2cccc([N+](=O)[O-])c2)s1. The van der Waals surface area contributed by atoms with E-state index in [-0.39, 0.29) is 10.6 Å². The number of thiazole rings is 1. The molecule has 9 heteroatoms. The Morgan fingerprint density at radius 3 is 2.91 bits per heavy atom. The van der Waals surface area contributed by atoms with Crippen LogP contribution in [0.3, 0.4) is 0 Å². The van der Waals surface area contributed by atoms with E-state index in [1.807, 2.05) is 0 Å². The smallest absolute Gasteiger partial charge is 0.305 e. The Balaban J connectivity index is 2.01. The molecule has 2 heterocycles. The summed E-state index contributed by atoms with van der Waals surface area (Å²) in [5.41, 5.74) is 1.73. The van der Waals surface area contributed by atoms with Crippen LogP contribution in [0.1, 0.15) is 10.4 Å². The zero-order valence-electron chi connectivity index (χ0n) is 10.9. The van der Waals surface area contributed by atoms with Gasteiger partial charge in [-0.25, -0.2) is 0 Å². The van der Waals surface area contributed by atoms with Crippen LogP contribution in [0.25, 0.3) is 6.08 Å². The van der Waals surface area contributed by atoms with Gasteiger partial charge in [-0.2, -0.15) is 5.10 Å². The quantitative estimate of drug-likeness (QED) is 0.513. The molecule has 0 spiro atoms. The summed E-state index contributed by atoms with van der Waals surface area (Å²) in [4.78, 5) is 24.7. The number of hydrogen-bond donors (Lipinski definition) is 2. The topological polar surface area (TPSA) is 101 Å². The van der Waals surface area contributed by atoms with E-state index in [2.05, 4.69) is 27.8 Å². The fraction of sp³-hybridized carbons (Fsp3) is 0. The average Bonchev–Trinajstić information content (AvgIpc) is 3.06. The predicted molar refractivity (Wildman–Crippen MR) is 88.3 cm³/mol. The Morgan fingerprint density at radius 1 is 1.41 bits per heavy atom. The van der Waals surface area contributed by atoms with Gasteiger partial charge >= 0.3 is 4.87 Å². The minimum absolute atomic E-state index is 0.0207. The third-order valence-corrected chi connectivity index (χ3v) is 4.23. The van der Waals surface area contributed by atoms with Crippen molar-refractivity contribution in [3.8, 4) is 0 Å². The number of H-pyrrole nitrogens is 1. The molecule has 0 fully saturated rings. The largest absolute Gasteiger partial charge is 0.307 e. The lowest BCUT2D eigenvalue weighted by Crippen LogP contribution is -2.03. The highest BCUT2D eigenvalue weighted by Gasteiger charge is 2.17. The van der Waals surface area contributed by atoms with Gasteiger partial charge in [0.2, 0.25) is 0 Å². The summed E-state index contributed by atoms with van der Waals surface area (Å²) in [5.74, 6) is 0. The van der Waals surface area contributed by atoms with E-state index < -0.39 is 4.92 Å². The van der Waals surface area contributed by atoms with Crippen LogP contribution in [-0.4, -0.2) is 21.8 Å². The Labute approximate surface area is 133 Å². The van der Waals surface area contributed by atoms with Gasteiger partial charge in [0.1, 0.15) is 5.71 Å². The van der Waals surface area contributed by atoms with Crippen molar-refractivity contribution < 1.29 is 4.92 Å². The molecule has 110 valence electrons. The maximum absolute atomic E-state index is 11.3. The number of hydrogen-bond acceptors (Lipinski definition) is 7. The molecule has 22 heavy (non-hydrogen) atoms. The molecule has 0 aliphatic carbocycles. The van der Waals surface area contributed by atoms with Crippen LogP contribution < -0.4 is 4.87 Å². The third kappa shape index (κ3) is 2.76. The van der Waals surface area contributed by atoms with E-state index >= 15 is 0 Å². The highest BCUT2D eigenvalue weighted by molar-refractivity contribution is 7.80. The number of nitrogens with zero attached hydrogens (tertiary/aromatic N) is 3. The van der Waals surface area contributed by atoms with Gasteiger partial charge in [0.05, 0.1) is 21.0 Å².